The lowest BCUT2D eigenvalue weighted by Gasteiger charge is -2.38. The third-order valence-corrected chi connectivity index (χ3v) is 4.35. The summed E-state index contributed by atoms with van der Waals surface area (Å²) in [5.74, 6) is 0. The van der Waals surface area contributed by atoms with Crippen LogP contribution in [0.15, 0.2) is 0 Å². The van der Waals surface area contributed by atoms with Crippen molar-refractivity contribution >= 4 is 0 Å². The summed E-state index contributed by atoms with van der Waals surface area (Å²) >= 11 is 0. The first kappa shape index (κ1) is 21.9. The van der Waals surface area contributed by atoms with Gasteiger partial charge < -0.3 is 9.85 Å². The number of hydroxylamine groups is 3. The SMILES string of the molecule is CCCCCCCCCCCCCCNC[N+](C)([O-])CCC. The lowest BCUT2D eigenvalue weighted by atomic mass is 10.1. The maximum atomic E-state index is 11.9. The number of hydrogen-bond donors (Lipinski definition) is 1. The lowest BCUT2D eigenvalue weighted by Crippen LogP contribution is -2.45. The van der Waals surface area contributed by atoms with Crippen molar-refractivity contribution in [3.05, 3.63) is 5.21 Å². The topological polar surface area (TPSA) is 35.1 Å². The standard InChI is InChI=1S/C19H42N2O/c1-4-6-7-8-9-10-11-12-13-14-15-16-17-20-19-21(3,22)18-5-2/h20H,4-19H2,1-3H3. The van der Waals surface area contributed by atoms with Crippen LogP contribution >= 0.6 is 0 Å². The second-order valence-electron chi connectivity index (χ2n) is 7.07. The van der Waals surface area contributed by atoms with E-state index in [1.165, 1.54) is 77.0 Å². The third-order valence-electron chi connectivity index (χ3n) is 4.35. The van der Waals surface area contributed by atoms with E-state index in [0.29, 0.717) is 13.2 Å². The van der Waals surface area contributed by atoms with E-state index in [0.717, 1.165) is 13.0 Å². The Bertz CT molecular complexity index is 219. The quantitative estimate of drug-likeness (QED) is 0.164. The van der Waals surface area contributed by atoms with Crippen LogP contribution in [0.4, 0.5) is 0 Å². The molecule has 0 aliphatic heterocycles. The lowest BCUT2D eigenvalue weighted by molar-refractivity contribution is -0.863. The summed E-state index contributed by atoms with van der Waals surface area (Å²) in [6.07, 6.45) is 17.6. The summed E-state index contributed by atoms with van der Waals surface area (Å²) in [7, 11) is 1.76. The molecule has 3 heteroatoms. The first-order valence-electron chi connectivity index (χ1n) is 9.88. The van der Waals surface area contributed by atoms with E-state index in [4.69, 9.17) is 0 Å². The van der Waals surface area contributed by atoms with E-state index < -0.39 is 0 Å². The fourth-order valence-electron chi connectivity index (χ4n) is 2.96. The van der Waals surface area contributed by atoms with Crippen molar-refractivity contribution in [3.63, 3.8) is 0 Å². The van der Waals surface area contributed by atoms with E-state index in [2.05, 4.69) is 19.2 Å². The van der Waals surface area contributed by atoms with Crippen LogP contribution in [0.1, 0.15) is 97.3 Å². The molecule has 0 aliphatic carbocycles. The zero-order valence-electron chi connectivity index (χ0n) is 15.7. The molecule has 0 rings (SSSR count). The van der Waals surface area contributed by atoms with E-state index in [1.807, 2.05) is 0 Å². The van der Waals surface area contributed by atoms with Gasteiger partial charge in [0.15, 0.2) is 0 Å². The summed E-state index contributed by atoms with van der Waals surface area (Å²) in [6.45, 7) is 6.62. The Labute approximate surface area is 140 Å². The van der Waals surface area contributed by atoms with Crippen LogP contribution < -0.4 is 5.32 Å². The molecule has 0 aromatic carbocycles. The van der Waals surface area contributed by atoms with Crippen molar-refractivity contribution in [1.82, 2.24) is 5.32 Å². The predicted molar refractivity (Wildman–Crippen MR) is 98.7 cm³/mol. The molecule has 0 bridgehead atoms. The van der Waals surface area contributed by atoms with Crippen LogP contribution in [-0.4, -0.2) is 31.5 Å². The summed E-state index contributed by atoms with van der Waals surface area (Å²) in [4.78, 5) is 0. The van der Waals surface area contributed by atoms with Crippen LogP contribution in [0, 0.1) is 5.21 Å². The van der Waals surface area contributed by atoms with Crippen molar-refractivity contribution in [2.75, 3.05) is 26.8 Å². The van der Waals surface area contributed by atoms with Gasteiger partial charge >= 0.3 is 0 Å². The van der Waals surface area contributed by atoms with E-state index in [9.17, 15) is 5.21 Å². The van der Waals surface area contributed by atoms with Gasteiger partial charge in [-0.3, -0.25) is 5.32 Å². The number of unbranched alkanes of at least 4 members (excludes halogenated alkanes) is 11. The van der Waals surface area contributed by atoms with Crippen LogP contribution in [0.25, 0.3) is 0 Å². The number of quaternary nitrogens is 1. The number of nitrogens with zero attached hydrogens (tertiary/aromatic N) is 1. The minimum atomic E-state index is -0.144. The molecule has 134 valence electrons. The summed E-state index contributed by atoms with van der Waals surface area (Å²) in [5, 5.41) is 15.2. The van der Waals surface area contributed by atoms with Gasteiger partial charge in [-0.05, 0) is 12.8 Å². The zero-order chi connectivity index (χ0) is 16.5. The number of hydrogen-bond acceptors (Lipinski definition) is 2. The average Bonchev–Trinajstić information content (AvgIpc) is 2.47. The smallest absolute Gasteiger partial charge is 0.132 e. The molecule has 0 saturated heterocycles. The van der Waals surface area contributed by atoms with Crippen LogP contribution in [0.2, 0.25) is 0 Å². The Kier molecular flexibility index (Phi) is 15.7. The van der Waals surface area contributed by atoms with Crippen molar-refractivity contribution in [2.24, 2.45) is 0 Å². The van der Waals surface area contributed by atoms with E-state index >= 15 is 0 Å². The molecule has 3 nitrogen and oxygen atoms in total. The van der Waals surface area contributed by atoms with Crippen LogP contribution in [0.5, 0.6) is 0 Å². The monoisotopic (exact) mass is 314 g/mol. The van der Waals surface area contributed by atoms with Gasteiger partial charge in [-0.15, -0.1) is 0 Å². The maximum absolute atomic E-state index is 11.9. The molecule has 0 aliphatic rings. The maximum Gasteiger partial charge on any atom is 0.132 e. The van der Waals surface area contributed by atoms with Gasteiger partial charge in [0.1, 0.15) is 6.67 Å². The summed E-state index contributed by atoms with van der Waals surface area (Å²) in [6, 6.07) is 0. The summed E-state index contributed by atoms with van der Waals surface area (Å²) < 4.78 is -0.144. The van der Waals surface area contributed by atoms with Crippen LogP contribution in [0.3, 0.4) is 0 Å². The molecule has 0 heterocycles. The van der Waals surface area contributed by atoms with Crippen molar-refractivity contribution < 1.29 is 4.65 Å². The highest BCUT2D eigenvalue weighted by Gasteiger charge is 2.06. The van der Waals surface area contributed by atoms with Gasteiger partial charge in [-0.25, -0.2) is 0 Å². The van der Waals surface area contributed by atoms with E-state index in [1.54, 1.807) is 7.05 Å². The van der Waals surface area contributed by atoms with Gasteiger partial charge in [0.25, 0.3) is 0 Å². The van der Waals surface area contributed by atoms with Gasteiger partial charge in [0.2, 0.25) is 0 Å². The van der Waals surface area contributed by atoms with Gasteiger partial charge in [0, 0.05) is 6.54 Å². The van der Waals surface area contributed by atoms with Crippen molar-refractivity contribution in [3.8, 4) is 0 Å². The predicted octanol–water partition coefficient (Wildman–Crippen LogP) is 5.59. The van der Waals surface area contributed by atoms with Crippen molar-refractivity contribution in [2.45, 2.75) is 97.3 Å². The first-order chi connectivity index (χ1) is 10.6. The molecule has 0 fully saturated rings. The molecular formula is C19H42N2O. The molecule has 0 radical (unpaired) electrons. The Hall–Kier alpha value is -0.120. The largest absolute Gasteiger partial charge is 0.632 e. The molecule has 1 unspecified atom stereocenters. The Morgan fingerprint density at radius 3 is 1.59 bits per heavy atom. The third kappa shape index (κ3) is 16.3. The van der Waals surface area contributed by atoms with E-state index in [-0.39, 0.29) is 4.65 Å². The second-order valence-corrected chi connectivity index (χ2v) is 7.07. The average molecular weight is 315 g/mol. The highest BCUT2D eigenvalue weighted by Crippen LogP contribution is 2.11. The first-order valence-corrected chi connectivity index (χ1v) is 9.88. The fourth-order valence-corrected chi connectivity index (χ4v) is 2.96. The molecule has 0 saturated carbocycles. The number of rotatable bonds is 17. The normalized spacial score (nSPS) is 14.2. The molecule has 1 N–H and O–H groups in total. The fraction of sp³-hybridized carbons (Fsp3) is 1.00. The highest BCUT2D eigenvalue weighted by molar-refractivity contribution is 4.50. The Morgan fingerprint density at radius 1 is 0.682 bits per heavy atom. The molecule has 1 atom stereocenters. The Morgan fingerprint density at radius 2 is 1.14 bits per heavy atom. The van der Waals surface area contributed by atoms with Crippen molar-refractivity contribution in [1.29, 1.82) is 0 Å². The Balaban J connectivity index is 3.11. The number of nitrogens with one attached hydrogen (secondary N) is 1. The molecule has 0 spiro atoms. The van der Waals surface area contributed by atoms with Gasteiger partial charge in [0.05, 0.1) is 13.6 Å². The molecule has 0 aromatic rings. The van der Waals surface area contributed by atoms with Gasteiger partial charge in [-0.1, -0.05) is 84.5 Å². The highest BCUT2D eigenvalue weighted by atomic mass is 16.5. The molecule has 22 heavy (non-hydrogen) atoms. The summed E-state index contributed by atoms with van der Waals surface area (Å²) in [5.41, 5.74) is 0. The zero-order valence-corrected chi connectivity index (χ0v) is 15.7. The van der Waals surface area contributed by atoms with Crippen LogP contribution in [-0.2, 0) is 0 Å². The molecule has 0 aromatic heterocycles. The molecule has 0 amide bonds. The molecular weight excluding hydrogens is 272 g/mol. The van der Waals surface area contributed by atoms with Gasteiger partial charge in [-0.2, -0.15) is 0 Å². The minimum absolute atomic E-state index is 0.144. The minimum Gasteiger partial charge on any atom is -0.632 e. The second kappa shape index (κ2) is 15.8.